The van der Waals surface area contributed by atoms with Crippen molar-refractivity contribution in [1.29, 1.82) is 0 Å². The molecule has 0 atom stereocenters. The summed E-state index contributed by atoms with van der Waals surface area (Å²) in [6.07, 6.45) is 0. The maximum Gasteiger partial charge on any atom is 0.313 e. The topological polar surface area (TPSA) is 106 Å². The molecule has 0 saturated heterocycles. The van der Waals surface area contributed by atoms with Crippen LogP contribution in [0.2, 0.25) is 0 Å². The highest BCUT2D eigenvalue weighted by Gasteiger charge is 2.14. The molecule has 0 spiro atoms. The molecule has 0 fully saturated rings. The largest absolute Gasteiger partial charge is 0.490 e. The number of hydrogen-bond donors (Lipinski definition) is 3. The molecule has 8 heteroatoms. The summed E-state index contributed by atoms with van der Waals surface area (Å²) >= 11 is 0. The maximum absolute atomic E-state index is 11.8. The average Bonchev–Trinajstić information content (AvgIpc) is 2.54. The van der Waals surface area contributed by atoms with Crippen LogP contribution in [0.5, 0.6) is 11.5 Å². The zero-order chi connectivity index (χ0) is 17.9. The Morgan fingerprint density at radius 1 is 0.917 bits per heavy atom. The normalized spacial score (nSPS) is 9.79. The highest BCUT2D eigenvalue weighted by molar-refractivity contribution is 6.39. The van der Waals surface area contributed by atoms with E-state index in [4.69, 9.17) is 9.47 Å². The van der Waals surface area contributed by atoms with Crippen LogP contribution < -0.4 is 25.4 Å². The van der Waals surface area contributed by atoms with Gasteiger partial charge in [0.2, 0.25) is 5.91 Å². The van der Waals surface area contributed by atoms with Gasteiger partial charge in [-0.3, -0.25) is 14.4 Å². The molecule has 1 aromatic carbocycles. The SMILES string of the molecule is CCOc1ccc(NC(=O)C(=O)NCCNC(C)=O)cc1OCC. The van der Waals surface area contributed by atoms with Crippen LogP contribution in [0.15, 0.2) is 18.2 Å². The van der Waals surface area contributed by atoms with Gasteiger partial charge in [-0.2, -0.15) is 0 Å². The lowest BCUT2D eigenvalue weighted by molar-refractivity contribution is -0.136. The highest BCUT2D eigenvalue weighted by Crippen LogP contribution is 2.30. The van der Waals surface area contributed by atoms with Gasteiger partial charge in [0.25, 0.3) is 0 Å². The van der Waals surface area contributed by atoms with E-state index in [0.29, 0.717) is 30.4 Å². The zero-order valence-electron chi connectivity index (χ0n) is 14.1. The standard InChI is InChI=1S/C16H23N3O5/c1-4-23-13-7-6-12(10-14(13)24-5-2)19-16(22)15(21)18-9-8-17-11(3)20/h6-7,10H,4-5,8-9H2,1-3H3,(H,17,20)(H,18,21)(H,19,22). The minimum Gasteiger partial charge on any atom is -0.490 e. The Balaban J connectivity index is 2.60. The van der Waals surface area contributed by atoms with Crippen molar-refractivity contribution < 1.29 is 23.9 Å². The molecule has 24 heavy (non-hydrogen) atoms. The van der Waals surface area contributed by atoms with Gasteiger partial charge in [-0.15, -0.1) is 0 Å². The summed E-state index contributed by atoms with van der Waals surface area (Å²) in [5, 5.41) is 7.41. The van der Waals surface area contributed by atoms with Crippen molar-refractivity contribution >= 4 is 23.4 Å². The van der Waals surface area contributed by atoms with E-state index in [9.17, 15) is 14.4 Å². The first kappa shape index (κ1) is 19.3. The first-order valence-electron chi connectivity index (χ1n) is 7.71. The van der Waals surface area contributed by atoms with Crippen molar-refractivity contribution in [2.45, 2.75) is 20.8 Å². The number of hydrogen-bond acceptors (Lipinski definition) is 5. The maximum atomic E-state index is 11.8. The Labute approximate surface area is 140 Å². The molecule has 0 aliphatic rings. The van der Waals surface area contributed by atoms with Crippen LogP contribution in [-0.4, -0.2) is 44.0 Å². The third-order valence-electron chi connectivity index (χ3n) is 2.79. The monoisotopic (exact) mass is 337 g/mol. The summed E-state index contributed by atoms with van der Waals surface area (Å²) in [6.45, 7) is 6.42. The van der Waals surface area contributed by atoms with E-state index in [1.807, 2.05) is 13.8 Å². The molecule has 3 amide bonds. The molecular formula is C16H23N3O5. The van der Waals surface area contributed by atoms with Gasteiger partial charge in [-0.05, 0) is 26.0 Å². The van der Waals surface area contributed by atoms with Crippen LogP contribution in [0, 0.1) is 0 Å². The fourth-order valence-corrected chi connectivity index (χ4v) is 1.81. The van der Waals surface area contributed by atoms with Crippen molar-refractivity contribution in [1.82, 2.24) is 10.6 Å². The molecule has 1 rings (SSSR count). The van der Waals surface area contributed by atoms with Gasteiger partial charge in [0.15, 0.2) is 11.5 Å². The first-order chi connectivity index (χ1) is 11.5. The van der Waals surface area contributed by atoms with Crippen LogP contribution in [0.3, 0.4) is 0 Å². The minimum absolute atomic E-state index is 0.166. The smallest absolute Gasteiger partial charge is 0.313 e. The number of carbonyl (C=O) groups is 3. The van der Waals surface area contributed by atoms with Gasteiger partial charge in [0.05, 0.1) is 13.2 Å². The lowest BCUT2D eigenvalue weighted by Crippen LogP contribution is -2.39. The van der Waals surface area contributed by atoms with E-state index in [-0.39, 0.29) is 19.0 Å². The zero-order valence-corrected chi connectivity index (χ0v) is 14.1. The first-order valence-corrected chi connectivity index (χ1v) is 7.71. The van der Waals surface area contributed by atoms with E-state index in [1.54, 1.807) is 18.2 Å². The van der Waals surface area contributed by atoms with Gasteiger partial charge in [-0.1, -0.05) is 0 Å². The highest BCUT2D eigenvalue weighted by atomic mass is 16.5. The van der Waals surface area contributed by atoms with Crippen LogP contribution in [-0.2, 0) is 14.4 Å². The number of anilines is 1. The van der Waals surface area contributed by atoms with E-state index in [0.717, 1.165) is 0 Å². The number of amides is 3. The van der Waals surface area contributed by atoms with Crippen LogP contribution >= 0.6 is 0 Å². The van der Waals surface area contributed by atoms with E-state index in [1.165, 1.54) is 6.92 Å². The molecule has 0 heterocycles. The number of benzene rings is 1. The number of rotatable bonds is 8. The molecular weight excluding hydrogens is 314 g/mol. The number of nitrogens with one attached hydrogen (secondary N) is 3. The fraction of sp³-hybridized carbons (Fsp3) is 0.438. The summed E-state index contributed by atoms with van der Waals surface area (Å²) in [4.78, 5) is 34.2. The molecule has 0 bridgehead atoms. The van der Waals surface area contributed by atoms with Crippen LogP contribution in [0.25, 0.3) is 0 Å². The second kappa shape index (κ2) is 10.1. The molecule has 8 nitrogen and oxygen atoms in total. The number of ether oxygens (including phenoxy) is 2. The van der Waals surface area contributed by atoms with Gasteiger partial charge in [-0.25, -0.2) is 0 Å². The Bertz CT molecular complexity index is 589. The predicted molar refractivity (Wildman–Crippen MR) is 89.1 cm³/mol. The van der Waals surface area contributed by atoms with E-state index >= 15 is 0 Å². The van der Waals surface area contributed by atoms with Gasteiger partial charge in [0.1, 0.15) is 0 Å². The second-order valence-electron chi connectivity index (χ2n) is 4.72. The fourth-order valence-electron chi connectivity index (χ4n) is 1.81. The van der Waals surface area contributed by atoms with Crippen molar-refractivity contribution in [2.24, 2.45) is 0 Å². The molecule has 3 N–H and O–H groups in total. The van der Waals surface area contributed by atoms with Crippen LogP contribution in [0.1, 0.15) is 20.8 Å². The minimum atomic E-state index is -0.801. The third kappa shape index (κ3) is 6.55. The number of carbonyl (C=O) groups excluding carboxylic acids is 3. The van der Waals surface area contributed by atoms with Gasteiger partial charge in [0, 0.05) is 31.8 Å². The summed E-state index contributed by atoms with van der Waals surface area (Å²) < 4.78 is 10.9. The molecule has 0 saturated carbocycles. The van der Waals surface area contributed by atoms with E-state index in [2.05, 4.69) is 16.0 Å². The second-order valence-corrected chi connectivity index (χ2v) is 4.72. The van der Waals surface area contributed by atoms with Gasteiger partial charge >= 0.3 is 11.8 Å². The van der Waals surface area contributed by atoms with Crippen molar-refractivity contribution in [3.63, 3.8) is 0 Å². The van der Waals surface area contributed by atoms with E-state index < -0.39 is 11.8 Å². The molecule has 0 radical (unpaired) electrons. The molecule has 0 aliphatic heterocycles. The third-order valence-corrected chi connectivity index (χ3v) is 2.79. The van der Waals surface area contributed by atoms with Crippen molar-refractivity contribution in [3.05, 3.63) is 18.2 Å². The predicted octanol–water partition coefficient (Wildman–Crippen LogP) is 0.675. The summed E-state index contributed by atoms with van der Waals surface area (Å²) in [7, 11) is 0. The lowest BCUT2D eigenvalue weighted by atomic mass is 10.2. The lowest BCUT2D eigenvalue weighted by Gasteiger charge is -2.13. The molecule has 1 aromatic rings. The molecule has 0 unspecified atom stereocenters. The quantitative estimate of drug-likeness (QED) is 0.478. The van der Waals surface area contributed by atoms with Crippen molar-refractivity contribution in [2.75, 3.05) is 31.6 Å². The Morgan fingerprint density at radius 2 is 1.54 bits per heavy atom. The Kier molecular flexibility index (Phi) is 8.10. The van der Waals surface area contributed by atoms with Crippen LogP contribution in [0.4, 0.5) is 5.69 Å². The summed E-state index contributed by atoms with van der Waals surface area (Å²) in [6, 6.07) is 4.88. The molecule has 132 valence electrons. The Morgan fingerprint density at radius 3 is 2.17 bits per heavy atom. The average molecular weight is 337 g/mol. The summed E-state index contributed by atoms with van der Waals surface area (Å²) in [5.74, 6) is -0.733. The molecule has 0 aromatic heterocycles. The van der Waals surface area contributed by atoms with Gasteiger partial charge < -0.3 is 25.4 Å². The molecule has 0 aliphatic carbocycles. The van der Waals surface area contributed by atoms with Crippen molar-refractivity contribution in [3.8, 4) is 11.5 Å². The summed E-state index contributed by atoms with van der Waals surface area (Å²) in [5.41, 5.74) is 0.420. The Hall–Kier alpha value is -2.77.